The first kappa shape index (κ1) is 21.2. The number of hydrogen-bond donors (Lipinski definition) is 1. The zero-order valence-corrected chi connectivity index (χ0v) is 16.9. The Labute approximate surface area is 182 Å². The fraction of sp³-hybridized carbons (Fsp3) is 0.250. The van der Waals surface area contributed by atoms with Crippen molar-refractivity contribution in [3.8, 4) is 0 Å². The maximum Gasteiger partial charge on any atom is 0.351 e. The number of carboxylic acids is 1. The van der Waals surface area contributed by atoms with E-state index in [0.717, 1.165) is 20.5 Å². The molecule has 0 bridgehead atoms. The minimum absolute atomic E-state index is 0.00758. The van der Waals surface area contributed by atoms with Crippen LogP contribution in [0.25, 0.3) is 0 Å². The highest BCUT2D eigenvalue weighted by atomic mass is 16.5. The van der Waals surface area contributed by atoms with E-state index in [1.807, 2.05) is 60.7 Å². The summed E-state index contributed by atoms with van der Waals surface area (Å²) < 4.78 is 13.5. The van der Waals surface area contributed by atoms with Crippen LogP contribution in [-0.4, -0.2) is 51.5 Å². The van der Waals surface area contributed by atoms with Crippen molar-refractivity contribution in [3.05, 3.63) is 83.4 Å². The van der Waals surface area contributed by atoms with Crippen molar-refractivity contribution in [2.45, 2.75) is 32.6 Å². The van der Waals surface area contributed by atoms with Crippen molar-refractivity contribution in [2.75, 3.05) is 0 Å². The summed E-state index contributed by atoms with van der Waals surface area (Å²) in [6, 6.07) is 19.1. The van der Waals surface area contributed by atoms with Gasteiger partial charge in [0.05, 0.1) is 13.2 Å². The van der Waals surface area contributed by atoms with Gasteiger partial charge < -0.3 is 14.6 Å². The third kappa shape index (κ3) is 5.17. The van der Waals surface area contributed by atoms with Crippen LogP contribution in [0.15, 0.2) is 60.7 Å². The molecule has 12 nitrogen and oxygen atoms in total. The summed E-state index contributed by atoms with van der Waals surface area (Å²) in [6.45, 7) is 0.672. The molecule has 12 heteroatoms. The minimum atomic E-state index is -1.40. The molecule has 2 aromatic carbocycles. The number of carbonyl (C=O) groups is 1. The Balaban J connectivity index is 1.45. The Bertz CT molecular complexity index is 1050. The Morgan fingerprint density at radius 1 is 0.750 bits per heavy atom. The first-order valence-electron chi connectivity index (χ1n) is 9.72. The molecule has 0 amide bonds. The molecule has 1 N–H and O–H groups in total. The summed E-state index contributed by atoms with van der Waals surface area (Å²) in [5.41, 5.74) is 1.94. The number of aliphatic carboxylic acids is 1. The Morgan fingerprint density at radius 3 is 1.59 bits per heavy atom. The second-order valence-electron chi connectivity index (χ2n) is 6.75. The van der Waals surface area contributed by atoms with Crippen LogP contribution >= 0.6 is 0 Å². The van der Waals surface area contributed by atoms with Crippen molar-refractivity contribution in [1.82, 2.24) is 40.4 Å². The molecule has 0 saturated carbocycles. The van der Waals surface area contributed by atoms with Crippen LogP contribution in [0.2, 0.25) is 0 Å². The maximum absolute atomic E-state index is 12.1. The van der Waals surface area contributed by atoms with Crippen LogP contribution in [0.4, 0.5) is 0 Å². The normalized spacial score (nSPS) is 11.2. The van der Waals surface area contributed by atoms with Gasteiger partial charge in [-0.05, 0) is 32.0 Å². The number of tetrazole rings is 2. The molecule has 0 fully saturated rings. The number of hydrogen-bond acceptors (Lipinski definition) is 9. The molecular formula is C20H20N8O4. The lowest BCUT2D eigenvalue weighted by molar-refractivity contribution is -0.143. The molecule has 2 aromatic heterocycles. The van der Waals surface area contributed by atoms with Gasteiger partial charge in [0.25, 0.3) is 0 Å². The Morgan fingerprint density at radius 2 is 1.19 bits per heavy atom. The van der Waals surface area contributed by atoms with Crippen molar-refractivity contribution in [2.24, 2.45) is 0 Å². The summed E-state index contributed by atoms with van der Waals surface area (Å²) in [5.74, 6) is -0.793. The zero-order chi connectivity index (χ0) is 22.2. The number of aromatic nitrogens is 8. The molecule has 0 aliphatic carbocycles. The molecule has 4 rings (SSSR count). The van der Waals surface area contributed by atoms with Gasteiger partial charge >= 0.3 is 5.97 Å². The molecule has 164 valence electrons. The number of nitrogens with zero attached hydrogens (tertiary/aromatic N) is 8. The van der Waals surface area contributed by atoms with Crippen molar-refractivity contribution in [1.29, 1.82) is 0 Å². The Kier molecular flexibility index (Phi) is 6.84. The van der Waals surface area contributed by atoms with E-state index in [1.54, 1.807) is 0 Å². The van der Waals surface area contributed by atoms with E-state index < -0.39 is 12.1 Å². The van der Waals surface area contributed by atoms with E-state index >= 15 is 0 Å². The molecule has 0 saturated heterocycles. The smallest absolute Gasteiger partial charge is 0.351 e. The number of rotatable bonds is 11. The van der Waals surface area contributed by atoms with E-state index in [0.29, 0.717) is 13.2 Å². The van der Waals surface area contributed by atoms with E-state index in [9.17, 15) is 9.90 Å². The van der Waals surface area contributed by atoms with Gasteiger partial charge in [-0.2, -0.15) is 9.36 Å². The summed E-state index contributed by atoms with van der Waals surface area (Å²) in [4.78, 5) is 12.1. The van der Waals surface area contributed by atoms with Gasteiger partial charge in [0, 0.05) is 0 Å². The van der Waals surface area contributed by atoms with E-state index in [1.165, 1.54) is 0 Å². The average Bonchev–Trinajstić information content (AvgIpc) is 3.46. The van der Waals surface area contributed by atoms with Gasteiger partial charge in [-0.25, -0.2) is 4.79 Å². The predicted molar refractivity (Wildman–Crippen MR) is 108 cm³/mol. The lowest BCUT2D eigenvalue weighted by Gasteiger charge is -2.15. The van der Waals surface area contributed by atoms with Gasteiger partial charge in [-0.3, -0.25) is 0 Å². The molecule has 0 unspecified atom stereocenters. The molecule has 0 aliphatic rings. The first-order valence-corrected chi connectivity index (χ1v) is 9.72. The van der Waals surface area contributed by atoms with Crippen molar-refractivity contribution >= 4 is 5.97 Å². The molecule has 32 heavy (non-hydrogen) atoms. The number of ether oxygens (including phenoxy) is 2. The molecule has 0 atom stereocenters. The molecule has 0 spiro atoms. The third-order valence-electron chi connectivity index (χ3n) is 4.49. The van der Waals surface area contributed by atoms with Crippen LogP contribution in [0.5, 0.6) is 0 Å². The molecule has 0 radical (unpaired) electrons. The van der Waals surface area contributed by atoms with E-state index in [4.69, 9.17) is 9.47 Å². The fourth-order valence-electron chi connectivity index (χ4n) is 2.98. The standard InChI is InChI=1S/C20H20N8O4/c29-20(30)19(27-17(21-23-25-27)13-31-11-15-7-3-1-4-8-15)28-18(22-24-26-28)14-32-12-16-9-5-2-6-10-16/h1-10,19H,11-14H2,(H,29,30). The number of benzene rings is 2. The van der Waals surface area contributed by atoms with Crippen LogP contribution in [-0.2, 0) is 40.7 Å². The third-order valence-corrected chi connectivity index (χ3v) is 4.49. The number of carboxylic acid groups (broad SMARTS) is 1. The van der Waals surface area contributed by atoms with Gasteiger partial charge in [0.15, 0.2) is 11.6 Å². The quantitative estimate of drug-likeness (QED) is 0.364. The lowest BCUT2D eigenvalue weighted by Crippen LogP contribution is -2.31. The summed E-state index contributed by atoms with van der Waals surface area (Å²) in [6.07, 6.45) is -1.40. The second-order valence-corrected chi connectivity index (χ2v) is 6.75. The highest BCUT2D eigenvalue weighted by Crippen LogP contribution is 2.14. The largest absolute Gasteiger partial charge is 0.478 e. The van der Waals surface area contributed by atoms with Gasteiger partial charge in [0.1, 0.15) is 13.2 Å². The highest BCUT2D eigenvalue weighted by Gasteiger charge is 2.30. The Hall–Kier alpha value is -4.03. The minimum Gasteiger partial charge on any atom is -0.478 e. The first-order chi connectivity index (χ1) is 15.7. The molecule has 0 aliphatic heterocycles. The van der Waals surface area contributed by atoms with Crippen LogP contribution in [0.1, 0.15) is 28.9 Å². The van der Waals surface area contributed by atoms with Crippen LogP contribution in [0.3, 0.4) is 0 Å². The van der Waals surface area contributed by atoms with Gasteiger partial charge in [0.2, 0.25) is 6.17 Å². The molecule has 4 aromatic rings. The highest BCUT2D eigenvalue weighted by molar-refractivity contribution is 5.71. The zero-order valence-electron chi connectivity index (χ0n) is 16.9. The monoisotopic (exact) mass is 436 g/mol. The summed E-state index contributed by atoms with van der Waals surface area (Å²) in [7, 11) is 0. The van der Waals surface area contributed by atoms with Gasteiger partial charge in [-0.1, -0.05) is 60.7 Å². The van der Waals surface area contributed by atoms with Crippen molar-refractivity contribution in [3.63, 3.8) is 0 Å². The van der Waals surface area contributed by atoms with E-state index in [2.05, 4.69) is 31.1 Å². The molecule has 2 heterocycles. The summed E-state index contributed by atoms with van der Waals surface area (Å²) in [5, 5.41) is 32.5. The fourth-order valence-corrected chi connectivity index (χ4v) is 2.98. The maximum atomic E-state index is 12.1. The molecular weight excluding hydrogens is 416 g/mol. The van der Waals surface area contributed by atoms with Crippen LogP contribution in [0, 0.1) is 0 Å². The predicted octanol–water partition coefficient (Wildman–Crippen LogP) is 1.22. The van der Waals surface area contributed by atoms with Gasteiger partial charge in [-0.15, -0.1) is 10.2 Å². The van der Waals surface area contributed by atoms with Crippen LogP contribution < -0.4 is 0 Å². The average molecular weight is 436 g/mol. The van der Waals surface area contributed by atoms with E-state index in [-0.39, 0.29) is 24.9 Å². The lowest BCUT2D eigenvalue weighted by atomic mass is 10.2. The summed E-state index contributed by atoms with van der Waals surface area (Å²) >= 11 is 0. The second kappa shape index (κ2) is 10.3. The SMILES string of the molecule is O=C(O)C(n1nnnc1COCc1ccccc1)n1nnnc1COCc1ccccc1. The topological polar surface area (TPSA) is 143 Å². The van der Waals surface area contributed by atoms with Crippen molar-refractivity contribution < 1.29 is 19.4 Å².